The molecule has 0 aliphatic rings. The molecule has 0 saturated heterocycles. The third-order valence-electron chi connectivity index (χ3n) is 6.72. The van der Waals surface area contributed by atoms with Crippen LogP contribution in [0.4, 0.5) is 21.0 Å². The van der Waals surface area contributed by atoms with Gasteiger partial charge in [-0.15, -0.1) is 0 Å². The molecule has 40 heavy (non-hydrogen) atoms. The Balaban J connectivity index is 1.91. The molecular formula is C31H39N3O6. The fourth-order valence-corrected chi connectivity index (χ4v) is 4.46. The van der Waals surface area contributed by atoms with E-state index in [4.69, 9.17) is 19.9 Å². The van der Waals surface area contributed by atoms with E-state index in [2.05, 4.69) is 10.6 Å². The number of para-hydroxylation sites is 1. The lowest BCUT2D eigenvalue weighted by atomic mass is 9.79. The van der Waals surface area contributed by atoms with Crippen molar-refractivity contribution in [3.63, 3.8) is 0 Å². The van der Waals surface area contributed by atoms with Gasteiger partial charge >= 0.3 is 12.2 Å². The first-order valence-electron chi connectivity index (χ1n) is 13.4. The molecule has 3 aromatic carbocycles. The van der Waals surface area contributed by atoms with Crippen molar-refractivity contribution >= 4 is 23.6 Å². The Bertz CT molecular complexity index is 1150. The second-order valence-electron chi connectivity index (χ2n) is 9.57. The lowest BCUT2D eigenvalue weighted by Crippen LogP contribution is -2.59. The van der Waals surface area contributed by atoms with Gasteiger partial charge in [0.15, 0.2) is 5.72 Å². The smallest absolute Gasteiger partial charge is 0.411 e. The Morgan fingerprint density at radius 1 is 0.800 bits per heavy atom. The summed E-state index contributed by atoms with van der Waals surface area (Å²) in [4.78, 5) is 23.7. The van der Waals surface area contributed by atoms with Crippen LogP contribution >= 0.6 is 0 Å². The average molecular weight is 550 g/mol. The van der Waals surface area contributed by atoms with E-state index in [0.717, 1.165) is 11.1 Å². The zero-order valence-corrected chi connectivity index (χ0v) is 23.4. The predicted octanol–water partition coefficient (Wildman–Crippen LogP) is 6.10. The van der Waals surface area contributed by atoms with Crippen LogP contribution in [0.25, 0.3) is 0 Å². The largest absolute Gasteiger partial charge is 0.470 e. The maximum atomic E-state index is 11.8. The summed E-state index contributed by atoms with van der Waals surface area (Å²) in [6.07, 6.45) is -1.47. The van der Waals surface area contributed by atoms with E-state index in [1.54, 1.807) is 32.9 Å². The number of hydrogen-bond donors (Lipinski definition) is 4. The highest BCUT2D eigenvalue weighted by Gasteiger charge is 2.41. The van der Waals surface area contributed by atoms with Crippen LogP contribution in [0.5, 0.6) is 5.75 Å². The molecule has 0 aromatic heterocycles. The fourth-order valence-electron chi connectivity index (χ4n) is 4.46. The number of carbonyl (C=O) groups excluding carboxylic acids is 2. The monoisotopic (exact) mass is 549 g/mol. The van der Waals surface area contributed by atoms with Crippen LogP contribution in [0.3, 0.4) is 0 Å². The summed E-state index contributed by atoms with van der Waals surface area (Å²) in [6.45, 7) is 7.62. The molecule has 3 aromatic rings. The number of nitrogens with one attached hydrogen (secondary N) is 2. The van der Waals surface area contributed by atoms with Gasteiger partial charge in [-0.2, -0.15) is 0 Å². The second-order valence-corrected chi connectivity index (χ2v) is 9.57. The molecule has 0 saturated carbocycles. The minimum Gasteiger partial charge on any atom is -0.470 e. The van der Waals surface area contributed by atoms with E-state index in [1.165, 1.54) is 0 Å². The third-order valence-corrected chi connectivity index (χ3v) is 6.72. The van der Waals surface area contributed by atoms with Crippen molar-refractivity contribution in [3.05, 3.63) is 90.0 Å². The molecule has 3 atom stereocenters. The van der Waals surface area contributed by atoms with E-state index in [9.17, 15) is 14.7 Å². The number of aliphatic hydroxyl groups is 1. The SMILES string of the molecule is CCOC(=O)Nc1ccc(C(C[C@@H](C)C(N)(Oc2ccccc2)C(C)O)c2ccc(NC(=O)OCC)cc2)cc1. The molecule has 0 aliphatic carbocycles. The zero-order chi connectivity index (χ0) is 29.1. The number of anilines is 2. The maximum Gasteiger partial charge on any atom is 0.411 e. The van der Waals surface area contributed by atoms with Gasteiger partial charge in [0.05, 0.1) is 13.2 Å². The number of rotatable bonds is 12. The van der Waals surface area contributed by atoms with Crippen molar-refractivity contribution < 1.29 is 28.9 Å². The van der Waals surface area contributed by atoms with Crippen molar-refractivity contribution in [2.24, 2.45) is 11.7 Å². The van der Waals surface area contributed by atoms with Crippen LogP contribution in [-0.4, -0.2) is 42.3 Å². The molecule has 214 valence electrons. The van der Waals surface area contributed by atoms with Gasteiger partial charge in [-0.25, -0.2) is 9.59 Å². The zero-order valence-electron chi connectivity index (χ0n) is 23.4. The first kappa shape index (κ1) is 30.5. The van der Waals surface area contributed by atoms with Crippen molar-refractivity contribution in [1.29, 1.82) is 0 Å². The highest BCUT2D eigenvalue weighted by Crippen LogP contribution is 2.37. The van der Waals surface area contributed by atoms with Gasteiger partial charge in [-0.1, -0.05) is 49.4 Å². The number of aliphatic hydroxyl groups excluding tert-OH is 1. The van der Waals surface area contributed by atoms with Gasteiger partial charge in [0.1, 0.15) is 11.9 Å². The van der Waals surface area contributed by atoms with Crippen LogP contribution in [0.2, 0.25) is 0 Å². The minimum absolute atomic E-state index is 0.149. The van der Waals surface area contributed by atoms with Gasteiger partial charge in [0.25, 0.3) is 0 Å². The molecule has 5 N–H and O–H groups in total. The molecular weight excluding hydrogens is 510 g/mol. The number of nitrogens with two attached hydrogens (primary N) is 1. The van der Waals surface area contributed by atoms with Gasteiger partial charge in [-0.05, 0) is 74.7 Å². The summed E-state index contributed by atoms with van der Waals surface area (Å²) in [5, 5.41) is 16.1. The first-order valence-corrected chi connectivity index (χ1v) is 13.4. The summed E-state index contributed by atoms with van der Waals surface area (Å²) in [5.41, 5.74) is 8.53. The van der Waals surface area contributed by atoms with Crippen molar-refractivity contribution in [2.75, 3.05) is 23.8 Å². The Morgan fingerprint density at radius 3 is 1.65 bits per heavy atom. The molecule has 0 radical (unpaired) electrons. The van der Waals surface area contributed by atoms with Crippen LogP contribution < -0.4 is 21.1 Å². The standard InChI is InChI=1S/C31H39N3O6/c1-5-38-29(36)33-25-16-12-23(13-17-25)28(24-14-18-26(19-15-24)34-30(37)39-6-2)20-21(3)31(32,22(4)35)40-27-10-8-7-9-11-27/h7-19,21-22,28,35H,5-6,20,32H2,1-4H3,(H,33,36)(H,34,37)/t21-,22?,31?/m1/s1. The van der Waals surface area contributed by atoms with E-state index >= 15 is 0 Å². The normalized spacial score (nSPS) is 14.0. The Kier molecular flexibility index (Phi) is 10.9. The van der Waals surface area contributed by atoms with Gasteiger partial charge in [-0.3, -0.25) is 16.4 Å². The Morgan fingerprint density at radius 2 is 1.25 bits per heavy atom. The summed E-state index contributed by atoms with van der Waals surface area (Å²) in [6, 6.07) is 24.2. The lowest BCUT2D eigenvalue weighted by Gasteiger charge is -2.39. The fraction of sp³-hybridized carbons (Fsp3) is 0.355. The van der Waals surface area contributed by atoms with Gasteiger partial charge in [0, 0.05) is 23.2 Å². The quantitative estimate of drug-likeness (QED) is 0.201. The van der Waals surface area contributed by atoms with Crippen molar-refractivity contribution in [1.82, 2.24) is 0 Å². The Hall–Kier alpha value is -4.08. The van der Waals surface area contributed by atoms with Crippen LogP contribution in [-0.2, 0) is 9.47 Å². The summed E-state index contributed by atoms with van der Waals surface area (Å²) in [7, 11) is 0. The highest BCUT2D eigenvalue weighted by atomic mass is 16.6. The molecule has 9 nitrogen and oxygen atoms in total. The van der Waals surface area contributed by atoms with E-state index in [1.807, 2.05) is 73.7 Å². The molecule has 2 unspecified atom stereocenters. The first-order chi connectivity index (χ1) is 19.2. The number of hydrogen-bond acceptors (Lipinski definition) is 7. The summed E-state index contributed by atoms with van der Waals surface area (Å²) in [5.74, 6) is 0.120. The number of carbonyl (C=O) groups is 2. The Labute approximate surface area is 235 Å². The highest BCUT2D eigenvalue weighted by molar-refractivity contribution is 5.85. The molecule has 0 spiro atoms. The number of benzene rings is 3. The van der Waals surface area contributed by atoms with Crippen molar-refractivity contribution in [3.8, 4) is 5.75 Å². The lowest BCUT2D eigenvalue weighted by molar-refractivity contribution is -0.0801. The van der Waals surface area contributed by atoms with Gasteiger partial charge < -0.3 is 19.3 Å². The topological polar surface area (TPSA) is 132 Å². The molecule has 0 aliphatic heterocycles. The van der Waals surface area contributed by atoms with Crippen LogP contribution in [0.1, 0.15) is 51.2 Å². The third kappa shape index (κ3) is 8.21. The van der Waals surface area contributed by atoms with Crippen LogP contribution in [0.15, 0.2) is 78.9 Å². The molecule has 9 heteroatoms. The van der Waals surface area contributed by atoms with E-state index in [0.29, 0.717) is 23.5 Å². The summed E-state index contributed by atoms with van der Waals surface area (Å²) >= 11 is 0. The predicted molar refractivity (Wildman–Crippen MR) is 155 cm³/mol. The molecule has 2 amide bonds. The number of amides is 2. The number of ether oxygens (including phenoxy) is 3. The average Bonchev–Trinajstić information content (AvgIpc) is 2.93. The molecule has 0 heterocycles. The molecule has 0 bridgehead atoms. The van der Waals surface area contributed by atoms with Gasteiger partial charge in [0.2, 0.25) is 0 Å². The summed E-state index contributed by atoms with van der Waals surface area (Å²) < 4.78 is 16.1. The minimum atomic E-state index is -1.36. The maximum absolute atomic E-state index is 11.8. The van der Waals surface area contributed by atoms with E-state index in [-0.39, 0.29) is 25.0 Å². The van der Waals surface area contributed by atoms with E-state index < -0.39 is 24.0 Å². The molecule has 3 rings (SSSR count). The molecule has 0 fully saturated rings. The van der Waals surface area contributed by atoms with Crippen molar-refractivity contribution in [2.45, 2.75) is 51.9 Å². The van der Waals surface area contributed by atoms with Crippen LogP contribution in [0, 0.1) is 5.92 Å². The second kappa shape index (κ2) is 14.3.